The number of rotatable bonds is 7. The molecule has 0 aliphatic rings. The van der Waals surface area contributed by atoms with Crippen LogP contribution in [0.15, 0.2) is 54.7 Å². The second kappa shape index (κ2) is 8.03. The maximum absolute atomic E-state index is 12.6. The molecular weight excluding hydrogens is 342 g/mol. The third-order valence-corrected chi connectivity index (χ3v) is 4.89. The van der Waals surface area contributed by atoms with Gasteiger partial charge in [-0.1, -0.05) is 37.3 Å². The lowest BCUT2D eigenvalue weighted by atomic mass is 9.87. The summed E-state index contributed by atoms with van der Waals surface area (Å²) in [6.07, 6.45) is 2.97. The van der Waals surface area contributed by atoms with Gasteiger partial charge >= 0.3 is 0 Å². The molecule has 2 N–H and O–H groups in total. The van der Waals surface area contributed by atoms with Crippen molar-refractivity contribution in [3.05, 3.63) is 76.0 Å². The average molecular weight is 365 g/mol. The van der Waals surface area contributed by atoms with Crippen molar-refractivity contribution in [3.8, 4) is 0 Å². The number of amides is 1. The van der Waals surface area contributed by atoms with Crippen LogP contribution in [0.25, 0.3) is 10.9 Å². The van der Waals surface area contributed by atoms with E-state index in [1.165, 1.54) is 6.07 Å². The molecule has 2 aromatic carbocycles. The first-order valence-corrected chi connectivity index (χ1v) is 9.09. The molecule has 0 aliphatic carbocycles. The zero-order valence-corrected chi connectivity index (χ0v) is 15.4. The Balaban J connectivity index is 2.02. The Labute approximate surface area is 157 Å². The Hall–Kier alpha value is -3.15. The number of carbonyl (C=O) groups excluding carboxylic acids is 1. The van der Waals surface area contributed by atoms with Crippen LogP contribution in [0.1, 0.15) is 43.7 Å². The minimum atomic E-state index is -0.408. The van der Waals surface area contributed by atoms with Gasteiger partial charge in [-0.2, -0.15) is 0 Å². The van der Waals surface area contributed by atoms with Crippen molar-refractivity contribution in [2.24, 2.45) is 0 Å². The van der Waals surface area contributed by atoms with Crippen LogP contribution >= 0.6 is 0 Å². The molecule has 6 heteroatoms. The van der Waals surface area contributed by atoms with E-state index in [0.717, 1.165) is 28.5 Å². The predicted octanol–water partition coefficient (Wildman–Crippen LogP) is 4.51. The molecule has 0 bridgehead atoms. The number of carbonyl (C=O) groups is 1. The number of nitrogens with zero attached hydrogens (tertiary/aromatic N) is 1. The van der Waals surface area contributed by atoms with E-state index >= 15 is 0 Å². The lowest BCUT2D eigenvalue weighted by Crippen LogP contribution is -2.33. The van der Waals surface area contributed by atoms with Crippen LogP contribution in [0.5, 0.6) is 0 Å². The second-order valence-electron chi connectivity index (χ2n) is 6.78. The first kappa shape index (κ1) is 18.6. The van der Waals surface area contributed by atoms with Crippen LogP contribution < -0.4 is 5.32 Å². The number of fused-ring (bicyclic) bond motifs is 1. The monoisotopic (exact) mass is 365 g/mol. The first-order chi connectivity index (χ1) is 13.0. The van der Waals surface area contributed by atoms with Gasteiger partial charge in [-0.15, -0.1) is 0 Å². The van der Waals surface area contributed by atoms with Gasteiger partial charge in [0, 0.05) is 47.6 Å². The molecule has 140 valence electrons. The summed E-state index contributed by atoms with van der Waals surface area (Å²) in [6, 6.07) is 14.5. The fraction of sp³-hybridized carbons (Fsp3) is 0.286. The van der Waals surface area contributed by atoms with Gasteiger partial charge in [-0.05, 0) is 30.5 Å². The maximum atomic E-state index is 12.6. The van der Waals surface area contributed by atoms with Crippen molar-refractivity contribution >= 4 is 22.5 Å². The fourth-order valence-electron chi connectivity index (χ4n) is 3.27. The Morgan fingerprint density at radius 1 is 1.22 bits per heavy atom. The lowest BCUT2D eigenvalue weighted by Gasteiger charge is -2.19. The predicted molar refractivity (Wildman–Crippen MR) is 106 cm³/mol. The molecule has 2 atom stereocenters. The van der Waals surface area contributed by atoms with Crippen molar-refractivity contribution in [2.45, 2.75) is 38.6 Å². The van der Waals surface area contributed by atoms with Crippen molar-refractivity contribution in [2.75, 3.05) is 0 Å². The molecule has 1 amide bonds. The minimum absolute atomic E-state index is 0.0275. The van der Waals surface area contributed by atoms with E-state index < -0.39 is 4.92 Å². The molecule has 0 aliphatic heterocycles. The van der Waals surface area contributed by atoms with E-state index in [-0.39, 0.29) is 30.0 Å². The summed E-state index contributed by atoms with van der Waals surface area (Å²) < 4.78 is 0. The highest BCUT2D eigenvalue weighted by Crippen LogP contribution is 2.34. The van der Waals surface area contributed by atoms with Crippen LogP contribution in [-0.2, 0) is 4.79 Å². The molecule has 0 fully saturated rings. The van der Waals surface area contributed by atoms with E-state index in [4.69, 9.17) is 0 Å². The molecule has 3 rings (SSSR count). The highest BCUT2D eigenvalue weighted by Gasteiger charge is 2.23. The highest BCUT2D eigenvalue weighted by atomic mass is 16.6. The van der Waals surface area contributed by atoms with E-state index in [2.05, 4.69) is 10.3 Å². The van der Waals surface area contributed by atoms with E-state index in [0.29, 0.717) is 0 Å². The highest BCUT2D eigenvalue weighted by molar-refractivity contribution is 5.86. The summed E-state index contributed by atoms with van der Waals surface area (Å²) in [5, 5.41) is 15.2. The first-order valence-electron chi connectivity index (χ1n) is 9.09. The molecule has 0 spiro atoms. The molecule has 27 heavy (non-hydrogen) atoms. The number of hydrogen-bond acceptors (Lipinski definition) is 3. The fourth-order valence-corrected chi connectivity index (χ4v) is 3.27. The smallest absolute Gasteiger partial charge is 0.269 e. The number of para-hydroxylation sites is 1. The van der Waals surface area contributed by atoms with Gasteiger partial charge in [-0.25, -0.2) is 0 Å². The van der Waals surface area contributed by atoms with Crippen molar-refractivity contribution in [1.82, 2.24) is 10.3 Å². The Kier molecular flexibility index (Phi) is 5.54. The van der Waals surface area contributed by atoms with E-state index in [1.807, 2.05) is 50.4 Å². The molecule has 1 aromatic heterocycles. The molecule has 3 aromatic rings. The molecule has 0 radical (unpaired) electrons. The van der Waals surface area contributed by atoms with Gasteiger partial charge in [0.05, 0.1) is 4.92 Å². The number of hydrogen-bond donors (Lipinski definition) is 2. The van der Waals surface area contributed by atoms with E-state index in [9.17, 15) is 14.9 Å². The summed E-state index contributed by atoms with van der Waals surface area (Å²) in [6.45, 7) is 3.98. The second-order valence-corrected chi connectivity index (χ2v) is 6.78. The number of aromatic nitrogens is 1. The Morgan fingerprint density at radius 2 is 2.00 bits per heavy atom. The number of H-pyrrole nitrogens is 1. The standard InChI is InChI=1S/C21H23N3O3/c1-3-14(2)23-21(25)12-18(15-7-6-8-16(11-15)24(26)27)19-13-22-20-10-5-4-9-17(19)20/h4-11,13-14,18,22H,3,12H2,1-2H3,(H,23,25)/t14-,18-/m0/s1. The van der Waals surface area contributed by atoms with E-state index in [1.54, 1.807) is 12.1 Å². The Bertz CT molecular complexity index is 964. The SMILES string of the molecule is CC[C@H](C)NC(=O)C[C@@H](c1cccc([N+](=O)[O-])c1)c1c[nH]c2ccccc12. The van der Waals surface area contributed by atoms with Crippen molar-refractivity contribution < 1.29 is 9.72 Å². The van der Waals surface area contributed by atoms with Gasteiger partial charge in [-0.3, -0.25) is 14.9 Å². The van der Waals surface area contributed by atoms with Gasteiger partial charge in [0.1, 0.15) is 0 Å². The normalized spacial score (nSPS) is 13.3. The number of benzene rings is 2. The number of aromatic amines is 1. The van der Waals surface area contributed by atoms with Crippen LogP contribution in [0, 0.1) is 10.1 Å². The zero-order valence-electron chi connectivity index (χ0n) is 15.4. The van der Waals surface area contributed by atoms with Crippen LogP contribution in [0.2, 0.25) is 0 Å². The number of nitro benzene ring substituents is 1. The minimum Gasteiger partial charge on any atom is -0.361 e. The summed E-state index contributed by atoms with van der Waals surface area (Å²) >= 11 is 0. The molecule has 0 unspecified atom stereocenters. The largest absolute Gasteiger partial charge is 0.361 e. The topological polar surface area (TPSA) is 88.0 Å². The zero-order chi connectivity index (χ0) is 19.4. The quantitative estimate of drug-likeness (QED) is 0.477. The molecule has 0 saturated carbocycles. The van der Waals surface area contributed by atoms with Crippen molar-refractivity contribution in [1.29, 1.82) is 0 Å². The summed E-state index contributed by atoms with van der Waals surface area (Å²) in [7, 11) is 0. The summed E-state index contributed by atoms with van der Waals surface area (Å²) in [5.74, 6) is -0.337. The van der Waals surface area contributed by atoms with Crippen LogP contribution in [0.4, 0.5) is 5.69 Å². The van der Waals surface area contributed by atoms with Crippen LogP contribution in [0.3, 0.4) is 0 Å². The molecule has 6 nitrogen and oxygen atoms in total. The number of nitro groups is 1. The number of nitrogens with one attached hydrogen (secondary N) is 2. The third kappa shape index (κ3) is 4.16. The van der Waals surface area contributed by atoms with Gasteiger partial charge < -0.3 is 10.3 Å². The Morgan fingerprint density at radius 3 is 2.74 bits per heavy atom. The molecule has 1 heterocycles. The summed E-state index contributed by atoms with van der Waals surface area (Å²) in [5.41, 5.74) is 2.73. The number of non-ortho nitro benzene ring substituents is 1. The van der Waals surface area contributed by atoms with Crippen molar-refractivity contribution in [3.63, 3.8) is 0 Å². The summed E-state index contributed by atoms with van der Waals surface area (Å²) in [4.78, 5) is 26.6. The van der Waals surface area contributed by atoms with Gasteiger partial charge in [0.25, 0.3) is 5.69 Å². The third-order valence-electron chi connectivity index (χ3n) is 4.89. The van der Waals surface area contributed by atoms with Gasteiger partial charge in [0.15, 0.2) is 0 Å². The lowest BCUT2D eigenvalue weighted by molar-refractivity contribution is -0.384. The van der Waals surface area contributed by atoms with Gasteiger partial charge in [0.2, 0.25) is 5.91 Å². The molecule has 0 saturated heterocycles. The average Bonchev–Trinajstić information content (AvgIpc) is 3.10. The van der Waals surface area contributed by atoms with Crippen LogP contribution in [-0.4, -0.2) is 21.9 Å². The maximum Gasteiger partial charge on any atom is 0.269 e. The molecular formula is C21H23N3O3.